The molecular formula is C25H25N5O4. The molecule has 2 amide bonds. The number of morpholine rings is 1. The van der Waals surface area contributed by atoms with E-state index in [1.54, 1.807) is 32.8 Å². The Bertz CT molecular complexity index is 1190. The Morgan fingerprint density at radius 1 is 1.03 bits per heavy atom. The fraction of sp³-hybridized carbons (Fsp3) is 0.280. The van der Waals surface area contributed by atoms with Crippen LogP contribution in [0.5, 0.6) is 5.75 Å². The summed E-state index contributed by atoms with van der Waals surface area (Å²) in [6.45, 7) is 2.78. The Balaban J connectivity index is 1.30. The predicted octanol–water partition coefficient (Wildman–Crippen LogP) is 1.99. The van der Waals surface area contributed by atoms with Gasteiger partial charge in [0.25, 0.3) is 11.8 Å². The molecule has 9 nitrogen and oxygen atoms in total. The third-order valence-electron chi connectivity index (χ3n) is 5.78. The SMILES string of the molecule is O=C(C1CN(C(=O)C=Cc2cn(Cc3ccccc3)nn2)c2ccccc2O1)N1CCOCC1. The molecule has 0 radical (unpaired) electrons. The topological polar surface area (TPSA) is 89.8 Å². The number of hydrogen-bond donors (Lipinski definition) is 0. The zero-order valence-electron chi connectivity index (χ0n) is 18.6. The lowest BCUT2D eigenvalue weighted by molar-refractivity contribution is -0.142. The van der Waals surface area contributed by atoms with E-state index in [0.29, 0.717) is 50.0 Å². The van der Waals surface area contributed by atoms with E-state index in [9.17, 15) is 9.59 Å². The molecule has 5 rings (SSSR count). The van der Waals surface area contributed by atoms with E-state index in [1.807, 2.05) is 48.5 Å². The molecule has 1 fully saturated rings. The Hall–Kier alpha value is -3.98. The van der Waals surface area contributed by atoms with Crippen LogP contribution < -0.4 is 9.64 Å². The minimum Gasteiger partial charge on any atom is -0.476 e. The van der Waals surface area contributed by atoms with Crippen LogP contribution in [0.4, 0.5) is 5.69 Å². The highest BCUT2D eigenvalue weighted by atomic mass is 16.5. The number of benzene rings is 2. The molecule has 0 N–H and O–H groups in total. The molecule has 174 valence electrons. The third-order valence-corrected chi connectivity index (χ3v) is 5.78. The van der Waals surface area contributed by atoms with Crippen molar-refractivity contribution in [3.05, 3.63) is 78.1 Å². The highest BCUT2D eigenvalue weighted by Crippen LogP contribution is 2.33. The summed E-state index contributed by atoms with van der Waals surface area (Å²) in [5, 5.41) is 8.27. The van der Waals surface area contributed by atoms with Gasteiger partial charge in [0, 0.05) is 19.2 Å². The van der Waals surface area contributed by atoms with Crippen LogP contribution in [-0.2, 0) is 20.9 Å². The maximum absolute atomic E-state index is 13.2. The largest absolute Gasteiger partial charge is 0.476 e. The average Bonchev–Trinajstić information content (AvgIpc) is 3.34. The lowest BCUT2D eigenvalue weighted by Crippen LogP contribution is -2.53. The lowest BCUT2D eigenvalue weighted by atomic mass is 10.1. The van der Waals surface area contributed by atoms with Crippen molar-refractivity contribution in [2.75, 3.05) is 37.7 Å². The third kappa shape index (κ3) is 4.84. The number of carbonyl (C=O) groups is 2. The van der Waals surface area contributed by atoms with Gasteiger partial charge in [0.1, 0.15) is 11.4 Å². The van der Waals surface area contributed by atoms with Gasteiger partial charge in [-0.3, -0.25) is 9.59 Å². The van der Waals surface area contributed by atoms with Gasteiger partial charge in [-0.1, -0.05) is 47.7 Å². The molecule has 1 saturated heterocycles. The van der Waals surface area contributed by atoms with Gasteiger partial charge in [0.2, 0.25) is 0 Å². The van der Waals surface area contributed by atoms with E-state index in [0.717, 1.165) is 5.56 Å². The van der Waals surface area contributed by atoms with E-state index in [-0.39, 0.29) is 18.4 Å². The molecule has 1 aromatic heterocycles. The van der Waals surface area contributed by atoms with Crippen molar-refractivity contribution >= 4 is 23.6 Å². The predicted molar refractivity (Wildman–Crippen MR) is 125 cm³/mol. The first kappa shape index (κ1) is 21.8. The molecule has 2 aliphatic heterocycles. The second-order valence-electron chi connectivity index (χ2n) is 8.12. The molecule has 3 aromatic rings. The number of carbonyl (C=O) groups excluding carboxylic acids is 2. The molecular weight excluding hydrogens is 434 g/mol. The Labute approximate surface area is 197 Å². The van der Waals surface area contributed by atoms with E-state index in [4.69, 9.17) is 9.47 Å². The summed E-state index contributed by atoms with van der Waals surface area (Å²) < 4.78 is 13.0. The summed E-state index contributed by atoms with van der Waals surface area (Å²) in [7, 11) is 0. The van der Waals surface area contributed by atoms with Gasteiger partial charge in [-0.25, -0.2) is 4.68 Å². The van der Waals surface area contributed by atoms with E-state index >= 15 is 0 Å². The highest BCUT2D eigenvalue weighted by molar-refractivity contribution is 6.05. The lowest BCUT2D eigenvalue weighted by Gasteiger charge is -2.37. The summed E-state index contributed by atoms with van der Waals surface area (Å²) in [6, 6.07) is 17.2. The second-order valence-corrected chi connectivity index (χ2v) is 8.12. The van der Waals surface area contributed by atoms with Crippen LogP contribution in [0.1, 0.15) is 11.3 Å². The Morgan fingerprint density at radius 2 is 1.79 bits per heavy atom. The number of rotatable bonds is 5. The van der Waals surface area contributed by atoms with Crippen molar-refractivity contribution in [3.8, 4) is 5.75 Å². The number of amides is 2. The van der Waals surface area contributed by atoms with Crippen molar-refractivity contribution in [2.45, 2.75) is 12.6 Å². The summed E-state index contributed by atoms with van der Waals surface area (Å²) in [5.41, 5.74) is 2.32. The maximum atomic E-state index is 13.2. The summed E-state index contributed by atoms with van der Waals surface area (Å²) in [6.07, 6.45) is 4.11. The van der Waals surface area contributed by atoms with Crippen molar-refractivity contribution in [3.63, 3.8) is 0 Å². The Kier molecular flexibility index (Phi) is 6.35. The Morgan fingerprint density at radius 3 is 2.62 bits per heavy atom. The van der Waals surface area contributed by atoms with Crippen LogP contribution in [0.3, 0.4) is 0 Å². The van der Waals surface area contributed by atoms with Crippen molar-refractivity contribution < 1.29 is 19.1 Å². The molecule has 2 aliphatic rings. The minimum atomic E-state index is -0.767. The van der Waals surface area contributed by atoms with Crippen molar-refractivity contribution in [1.29, 1.82) is 0 Å². The zero-order valence-corrected chi connectivity index (χ0v) is 18.6. The van der Waals surface area contributed by atoms with Gasteiger partial charge in [-0.2, -0.15) is 0 Å². The first-order chi connectivity index (χ1) is 16.7. The molecule has 0 spiro atoms. The first-order valence-electron chi connectivity index (χ1n) is 11.2. The molecule has 34 heavy (non-hydrogen) atoms. The van der Waals surface area contributed by atoms with Crippen molar-refractivity contribution in [1.82, 2.24) is 19.9 Å². The summed E-state index contributed by atoms with van der Waals surface area (Å²) in [4.78, 5) is 29.5. The fourth-order valence-corrected chi connectivity index (χ4v) is 4.04. The van der Waals surface area contributed by atoms with Gasteiger partial charge >= 0.3 is 0 Å². The van der Waals surface area contributed by atoms with Crippen LogP contribution in [-0.4, -0.2) is 70.7 Å². The van der Waals surface area contributed by atoms with Crippen LogP contribution in [0.25, 0.3) is 6.08 Å². The van der Waals surface area contributed by atoms with Crippen LogP contribution >= 0.6 is 0 Å². The molecule has 2 aromatic carbocycles. The van der Waals surface area contributed by atoms with Crippen LogP contribution in [0.2, 0.25) is 0 Å². The molecule has 1 unspecified atom stereocenters. The summed E-state index contributed by atoms with van der Waals surface area (Å²) >= 11 is 0. The van der Waals surface area contributed by atoms with E-state index in [1.165, 1.54) is 6.08 Å². The number of para-hydroxylation sites is 2. The zero-order chi connectivity index (χ0) is 23.3. The summed E-state index contributed by atoms with van der Waals surface area (Å²) in [5.74, 6) is 0.118. The smallest absolute Gasteiger partial charge is 0.265 e. The number of aromatic nitrogens is 3. The number of anilines is 1. The number of hydrogen-bond acceptors (Lipinski definition) is 6. The van der Waals surface area contributed by atoms with Gasteiger partial charge in [0.05, 0.1) is 38.2 Å². The standard InChI is InChI=1S/C25H25N5O4/c31-24(11-10-20-17-29(27-26-20)16-19-6-2-1-3-7-19)30-18-23(25(32)28-12-14-33-15-13-28)34-22-9-5-4-8-21(22)30/h1-11,17,23H,12-16,18H2. The molecule has 1 atom stereocenters. The highest BCUT2D eigenvalue weighted by Gasteiger charge is 2.35. The number of ether oxygens (including phenoxy) is 2. The van der Waals surface area contributed by atoms with Gasteiger partial charge in [-0.15, -0.1) is 5.10 Å². The van der Waals surface area contributed by atoms with Crippen LogP contribution in [0.15, 0.2) is 66.9 Å². The number of fused-ring (bicyclic) bond motifs is 1. The molecule has 0 saturated carbocycles. The average molecular weight is 460 g/mol. The maximum Gasteiger partial charge on any atom is 0.265 e. The van der Waals surface area contributed by atoms with Gasteiger partial charge < -0.3 is 19.3 Å². The monoisotopic (exact) mass is 459 g/mol. The molecule has 9 heteroatoms. The van der Waals surface area contributed by atoms with Crippen molar-refractivity contribution in [2.24, 2.45) is 0 Å². The molecule has 3 heterocycles. The minimum absolute atomic E-state index is 0.136. The molecule has 0 aliphatic carbocycles. The van der Waals surface area contributed by atoms with E-state index < -0.39 is 6.10 Å². The van der Waals surface area contributed by atoms with Crippen LogP contribution in [0, 0.1) is 0 Å². The first-order valence-corrected chi connectivity index (χ1v) is 11.2. The fourth-order valence-electron chi connectivity index (χ4n) is 4.04. The second kappa shape index (κ2) is 9.88. The van der Waals surface area contributed by atoms with Gasteiger partial charge in [0.15, 0.2) is 6.10 Å². The normalized spacial score (nSPS) is 17.9. The van der Waals surface area contributed by atoms with E-state index in [2.05, 4.69) is 10.3 Å². The quantitative estimate of drug-likeness (QED) is 0.542. The van der Waals surface area contributed by atoms with Gasteiger partial charge in [-0.05, 0) is 23.8 Å². The number of nitrogens with zero attached hydrogens (tertiary/aromatic N) is 5. The molecule has 0 bridgehead atoms.